The van der Waals surface area contributed by atoms with E-state index < -0.39 is 24.0 Å². The molecule has 7 nitrogen and oxygen atoms in total. The van der Waals surface area contributed by atoms with Crippen LogP contribution < -0.4 is 4.74 Å². The third-order valence-corrected chi connectivity index (χ3v) is 7.81. The molecule has 2 aliphatic rings. The van der Waals surface area contributed by atoms with Gasteiger partial charge in [-0.2, -0.15) is 0 Å². The number of carboxylic acids is 1. The molecule has 1 heterocycles. The van der Waals surface area contributed by atoms with E-state index in [2.05, 4.69) is 0 Å². The Hall–Kier alpha value is -3.39. The Balaban J connectivity index is 1.43. The van der Waals surface area contributed by atoms with Crippen molar-refractivity contribution in [2.75, 3.05) is 0 Å². The molecule has 0 saturated heterocycles. The molecule has 1 fully saturated rings. The highest BCUT2D eigenvalue weighted by atomic mass is 35.5. The fourth-order valence-corrected chi connectivity index (χ4v) is 5.61. The van der Waals surface area contributed by atoms with E-state index in [0.717, 1.165) is 11.1 Å². The normalized spacial score (nSPS) is 21.6. The zero-order valence-corrected chi connectivity index (χ0v) is 22.3. The van der Waals surface area contributed by atoms with Crippen molar-refractivity contribution in [2.24, 2.45) is 0 Å². The van der Waals surface area contributed by atoms with E-state index in [0.29, 0.717) is 47.6 Å². The number of benzene rings is 3. The minimum atomic E-state index is -1.11. The van der Waals surface area contributed by atoms with Crippen molar-refractivity contribution < 1.29 is 29.3 Å². The van der Waals surface area contributed by atoms with E-state index in [1.54, 1.807) is 6.07 Å². The van der Waals surface area contributed by atoms with Gasteiger partial charge in [-0.05, 0) is 48.4 Å². The molecule has 1 aliphatic carbocycles. The number of aliphatic carboxylic acids is 1. The van der Waals surface area contributed by atoms with Crippen molar-refractivity contribution in [2.45, 2.75) is 69.6 Å². The standard InChI is InChI=1S/C31H32ClNO6/c32-26-16-11-22-18-33(27(31(36)37)17-25(22)29(26)38-19-20-7-3-1-4-8-20)30(35)28(21-9-5-2-6-10-21)39-24-14-12-23(34)13-15-24/h1-11,16,23-24,27-28,34H,12-15,17-19H2,(H,36,37)/t23-,24+,27-,28+/m1/s1. The summed E-state index contributed by atoms with van der Waals surface area (Å²) < 4.78 is 12.4. The van der Waals surface area contributed by atoms with Crippen LogP contribution in [-0.4, -0.2) is 45.2 Å². The SMILES string of the molecule is O=C(O)[C@H]1Cc2c(ccc(Cl)c2OCc2ccccc2)CN1C(=O)[C@@H](O[C@H]1CC[C@@H](O)CC1)c1ccccc1. The molecule has 0 spiro atoms. The molecule has 0 unspecified atom stereocenters. The quantitative estimate of drug-likeness (QED) is 0.395. The number of carboxylic acid groups (broad SMARTS) is 1. The van der Waals surface area contributed by atoms with Gasteiger partial charge >= 0.3 is 5.97 Å². The molecule has 0 radical (unpaired) electrons. The minimum absolute atomic E-state index is 0.0677. The molecule has 204 valence electrons. The zero-order valence-electron chi connectivity index (χ0n) is 21.5. The van der Waals surface area contributed by atoms with E-state index in [1.807, 2.05) is 66.7 Å². The van der Waals surface area contributed by atoms with Crippen molar-refractivity contribution in [3.05, 3.63) is 100 Å². The summed E-state index contributed by atoms with van der Waals surface area (Å²) in [7, 11) is 0. The number of aliphatic hydroxyl groups is 1. The number of rotatable bonds is 8. The van der Waals surface area contributed by atoms with Gasteiger partial charge in [0.2, 0.25) is 0 Å². The monoisotopic (exact) mass is 549 g/mol. The van der Waals surface area contributed by atoms with Gasteiger partial charge in [0.05, 0.1) is 17.2 Å². The van der Waals surface area contributed by atoms with Crippen LogP contribution in [0, 0.1) is 0 Å². The maximum Gasteiger partial charge on any atom is 0.326 e. The summed E-state index contributed by atoms with van der Waals surface area (Å²) in [5, 5.41) is 20.5. The predicted molar refractivity (Wildman–Crippen MR) is 146 cm³/mol. The minimum Gasteiger partial charge on any atom is -0.487 e. The molecular formula is C31H32ClNO6. The zero-order chi connectivity index (χ0) is 27.4. The summed E-state index contributed by atoms with van der Waals surface area (Å²) in [6.07, 6.45) is 1.08. The van der Waals surface area contributed by atoms with Crippen molar-refractivity contribution >= 4 is 23.5 Å². The van der Waals surface area contributed by atoms with Crippen molar-refractivity contribution in [1.82, 2.24) is 4.90 Å². The highest BCUT2D eigenvalue weighted by Gasteiger charge is 2.40. The molecule has 5 rings (SSSR count). The van der Waals surface area contributed by atoms with Gasteiger partial charge in [0.25, 0.3) is 5.91 Å². The maximum atomic E-state index is 14.1. The number of halogens is 1. The molecular weight excluding hydrogens is 518 g/mol. The van der Waals surface area contributed by atoms with Crippen LogP contribution in [0.5, 0.6) is 5.75 Å². The fourth-order valence-electron chi connectivity index (χ4n) is 5.38. The van der Waals surface area contributed by atoms with Crippen LogP contribution in [-0.2, 0) is 33.9 Å². The molecule has 3 aromatic carbocycles. The summed E-state index contributed by atoms with van der Waals surface area (Å²) in [4.78, 5) is 28.0. The van der Waals surface area contributed by atoms with Gasteiger partial charge in [-0.1, -0.05) is 78.3 Å². The molecule has 1 amide bonds. The molecule has 1 saturated carbocycles. The molecule has 3 aromatic rings. The van der Waals surface area contributed by atoms with Gasteiger partial charge in [0.1, 0.15) is 18.4 Å². The lowest BCUT2D eigenvalue weighted by Crippen LogP contribution is -2.51. The van der Waals surface area contributed by atoms with Crippen LogP contribution in [0.1, 0.15) is 54.0 Å². The van der Waals surface area contributed by atoms with Gasteiger partial charge in [-0.3, -0.25) is 4.79 Å². The molecule has 8 heteroatoms. The predicted octanol–water partition coefficient (Wildman–Crippen LogP) is 5.32. The Morgan fingerprint density at radius 1 is 0.949 bits per heavy atom. The Morgan fingerprint density at radius 3 is 2.28 bits per heavy atom. The van der Waals surface area contributed by atoms with Gasteiger partial charge in [-0.15, -0.1) is 0 Å². The number of amides is 1. The smallest absolute Gasteiger partial charge is 0.326 e. The van der Waals surface area contributed by atoms with Gasteiger partial charge in [-0.25, -0.2) is 4.79 Å². The van der Waals surface area contributed by atoms with E-state index in [9.17, 15) is 19.8 Å². The summed E-state index contributed by atoms with van der Waals surface area (Å²) in [6.45, 7) is 0.386. The van der Waals surface area contributed by atoms with Gasteiger partial charge in [0.15, 0.2) is 6.10 Å². The highest BCUT2D eigenvalue weighted by molar-refractivity contribution is 6.32. The van der Waals surface area contributed by atoms with Crippen LogP contribution in [0.25, 0.3) is 0 Å². The van der Waals surface area contributed by atoms with Crippen LogP contribution in [0.15, 0.2) is 72.8 Å². The van der Waals surface area contributed by atoms with Gasteiger partial charge < -0.3 is 24.6 Å². The second kappa shape index (κ2) is 12.2. The summed E-state index contributed by atoms with van der Waals surface area (Å²) in [5.41, 5.74) is 3.13. The molecule has 0 aromatic heterocycles. The largest absolute Gasteiger partial charge is 0.487 e. The van der Waals surface area contributed by atoms with E-state index in [4.69, 9.17) is 21.1 Å². The Kier molecular flexibility index (Phi) is 8.50. The average molecular weight is 550 g/mol. The van der Waals surface area contributed by atoms with Crippen molar-refractivity contribution in [1.29, 1.82) is 0 Å². The lowest BCUT2D eigenvalue weighted by atomic mass is 9.91. The molecule has 39 heavy (non-hydrogen) atoms. The number of hydrogen-bond acceptors (Lipinski definition) is 5. The van der Waals surface area contributed by atoms with E-state index in [1.165, 1.54) is 4.90 Å². The number of hydrogen-bond donors (Lipinski definition) is 2. The van der Waals surface area contributed by atoms with Crippen molar-refractivity contribution in [3.63, 3.8) is 0 Å². The first-order chi connectivity index (χ1) is 18.9. The Labute approximate surface area is 232 Å². The van der Waals surface area contributed by atoms with E-state index >= 15 is 0 Å². The molecule has 2 atom stereocenters. The number of fused-ring (bicyclic) bond motifs is 1. The summed E-state index contributed by atoms with van der Waals surface area (Å²) in [6, 6.07) is 21.3. The lowest BCUT2D eigenvalue weighted by Gasteiger charge is -2.38. The first kappa shape index (κ1) is 27.2. The van der Waals surface area contributed by atoms with Crippen LogP contribution >= 0.6 is 11.6 Å². The van der Waals surface area contributed by atoms with Crippen molar-refractivity contribution in [3.8, 4) is 5.75 Å². The molecule has 0 bridgehead atoms. The highest BCUT2D eigenvalue weighted by Crippen LogP contribution is 2.39. The molecule has 2 N–H and O–H groups in total. The number of carbonyl (C=O) groups excluding carboxylic acids is 1. The fraction of sp³-hybridized carbons (Fsp3) is 0.355. The van der Waals surface area contributed by atoms with Crippen LogP contribution in [0.2, 0.25) is 5.02 Å². The van der Waals surface area contributed by atoms with Gasteiger partial charge in [0, 0.05) is 18.5 Å². The maximum absolute atomic E-state index is 14.1. The van der Waals surface area contributed by atoms with E-state index in [-0.39, 0.29) is 31.8 Å². The number of nitrogens with zero attached hydrogens (tertiary/aromatic N) is 1. The Morgan fingerprint density at radius 2 is 1.62 bits per heavy atom. The first-order valence-electron chi connectivity index (χ1n) is 13.3. The second-order valence-electron chi connectivity index (χ2n) is 10.2. The number of ether oxygens (including phenoxy) is 2. The van der Waals surface area contributed by atoms with Crippen LogP contribution in [0.4, 0.5) is 0 Å². The first-order valence-corrected chi connectivity index (χ1v) is 13.7. The third-order valence-electron chi connectivity index (χ3n) is 7.52. The summed E-state index contributed by atoms with van der Waals surface area (Å²) in [5.74, 6) is -1.05. The Bertz CT molecular complexity index is 1290. The lowest BCUT2D eigenvalue weighted by molar-refractivity contribution is -0.161. The summed E-state index contributed by atoms with van der Waals surface area (Å²) >= 11 is 6.51. The molecule has 1 aliphatic heterocycles. The third kappa shape index (κ3) is 6.27. The topological polar surface area (TPSA) is 96.3 Å². The second-order valence-corrected chi connectivity index (χ2v) is 10.6. The number of aliphatic hydroxyl groups excluding tert-OH is 1. The number of carbonyl (C=O) groups is 2. The van der Waals surface area contributed by atoms with Crippen LogP contribution in [0.3, 0.4) is 0 Å². The average Bonchev–Trinajstić information content (AvgIpc) is 2.96.